The number of nitriles is 1. The Labute approximate surface area is 233 Å². The lowest BCUT2D eigenvalue weighted by Crippen LogP contribution is -2.38. The van der Waals surface area contributed by atoms with Crippen LogP contribution in [0.2, 0.25) is 0 Å². The van der Waals surface area contributed by atoms with E-state index in [2.05, 4.69) is 15.3 Å². The minimum atomic E-state index is -0.312. The van der Waals surface area contributed by atoms with Crippen LogP contribution in [0.1, 0.15) is 52.5 Å². The van der Waals surface area contributed by atoms with E-state index in [1.807, 2.05) is 86.1 Å². The van der Waals surface area contributed by atoms with Crippen LogP contribution in [0.3, 0.4) is 0 Å². The van der Waals surface area contributed by atoms with Crippen LogP contribution in [0, 0.1) is 16.7 Å². The number of aromatic nitrogens is 4. The van der Waals surface area contributed by atoms with Gasteiger partial charge in [0.1, 0.15) is 41.0 Å². The quantitative estimate of drug-likeness (QED) is 0.230. The van der Waals surface area contributed by atoms with Crippen molar-refractivity contribution < 1.29 is 9.53 Å². The third-order valence-electron chi connectivity index (χ3n) is 6.95. The topological polar surface area (TPSA) is 132 Å². The third-order valence-corrected chi connectivity index (χ3v) is 6.95. The normalized spacial score (nSPS) is 17.8. The van der Waals surface area contributed by atoms with Crippen LogP contribution >= 0.6 is 0 Å². The van der Waals surface area contributed by atoms with E-state index in [1.165, 1.54) is 6.33 Å². The summed E-state index contributed by atoms with van der Waals surface area (Å²) in [6.07, 6.45) is 6.34. The predicted molar refractivity (Wildman–Crippen MR) is 154 cm³/mol. The first-order valence-electron chi connectivity index (χ1n) is 13.5. The molecule has 0 bridgehead atoms. The van der Waals surface area contributed by atoms with Crippen LogP contribution in [-0.4, -0.2) is 31.7 Å². The second-order valence-corrected chi connectivity index (χ2v) is 11.2. The van der Waals surface area contributed by atoms with Crippen LogP contribution in [0.5, 0.6) is 11.5 Å². The number of nitrogen functional groups attached to an aromatic ring is 1. The van der Waals surface area contributed by atoms with E-state index in [1.54, 1.807) is 6.08 Å². The highest BCUT2D eigenvalue weighted by Crippen LogP contribution is 2.36. The Hall–Kier alpha value is -4.71. The molecule has 3 N–H and O–H groups in total. The molecule has 40 heavy (non-hydrogen) atoms. The number of ether oxygens (including phenoxy) is 1. The van der Waals surface area contributed by atoms with Gasteiger partial charge in [-0.05, 0) is 67.5 Å². The van der Waals surface area contributed by atoms with Crippen molar-refractivity contribution in [3.05, 3.63) is 72.6 Å². The number of anilines is 1. The van der Waals surface area contributed by atoms with Gasteiger partial charge in [0.25, 0.3) is 5.91 Å². The summed E-state index contributed by atoms with van der Waals surface area (Å²) in [5, 5.41) is 18.2. The molecule has 1 saturated carbocycles. The van der Waals surface area contributed by atoms with Gasteiger partial charge < -0.3 is 15.8 Å². The van der Waals surface area contributed by atoms with Crippen molar-refractivity contribution in [3.63, 3.8) is 0 Å². The molecule has 0 saturated heterocycles. The number of nitrogens with two attached hydrogens (primary N) is 1. The first-order chi connectivity index (χ1) is 19.2. The number of amides is 1. The van der Waals surface area contributed by atoms with Crippen LogP contribution in [0.25, 0.3) is 22.3 Å². The van der Waals surface area contributed by atoms with Crippen LogP contribution in [-0.2, 0) is 4.79 Å². The van der Waals surface area contributed by atoms with E-state index >= 15 is 0 Å². The Balaban J connectivity index is 1.33. The van der Waals surface area contributed by atoms with Crippen LogP contribution in [0.15, 0.2) is 72.6 Å². The predicted octanol–water partition coefficient (Wildman–Crippen LogP) is 5.96. The van der Waals surface area contributed by atoms with E-state index in [4.69, 9.17) is 15.6 Å². The Morgan fingerprint density at radius 1 is 1.05 bits per heavy atom. The van der Waals surface area contributed by atoms with E-state index in [0.29, 0.717) is 11.5 Å². The molecule has 9 nitrogen and oxygen atoms in total. The lowest BCUT2D eigenvalue weighted by atomic mass is 9.90. The average Bonchev–Trinajstić information content (AvgIpc) is 3.33. The first-order valence-corrected chi connectivity index (χ1v) is 13.5. The molecule has 0 unspecified atom stereocenters. The number of carbonyl (C=O) groups is 1. The summed E-state index contributed by atoms with van der Waals surface area (Å²) in [6, 6.07) is 19.5. The number of allylic oxidation sites excluding steroid dienone is 1. The van der Waals surface area contributed by atoms with Crippen LogP contribution < -0.4 is 15.8 Å². The molecule has 1 fully saturated rings. The monoisotopic (exact) mass is 535 g/mol. The molecule has 2 aromatic heterocycles. The molecule has 2 heterocycles. The summed E-state index contributed by atoms with van der Waals surface area (Å²) >= 11 is 0. The van der Waals surface area contributed by atoms with E-state index < -0.39 is 0 Å². The van der Waals surface area contributed by atoms with Gasteiger partial charge in [0.2, 0.25) is 0 Å². The molecular formula is C31H33N7O2. The Kier molecular flexibility index (Phi) is 7.52. The van der Waals surface area contributed by atoms with Gasteiger partial charge in [-0.2, -0.15) is 10.4 Å². The standard InChI is InChI=1S/C31H33N7O2/c1-31(2,3)17-21(18-32)30(39)36-22-11-13-23(14-12-22)38-29-26(28(33)34-19-35-29)27(37-38)20-9-15-25(16-10-20)40-24-7-5-4-6-8-24/h4-10,15-17,19,22-23H,11-14H2,1-3H3,(H,36,39)(H2,33,34,35)/b21-17+. The van der Waals surface area contributed by atoms with Gasteiger partial charge in [-0.25, -0.2) is 14.6 Å². The Bertz CT molecular complexity index is 1570. The minimum absolute atomic E-state index is 0.00128. The molecule has 204 valence electrons. The van der Waals surface area contributed by atoms with Crippen molar-refractivity contribution in [2.24, 2.45) is 5.41 Å². The zero-order valence-corrected chi connectivity index (χ0v) is 23.0. The number of carbonyl (C=O) groups excluding carboxylic acids is 1. The van der Waals surface area contributed by atoms with Crippen molar-refractivity contribution in [2.75, 3.05) is 5.73 Å². The second-order valence-electron chi connectivity index (χ2n) is 11.2. The van der Waals surface area contributed by atoms with Gasteiger partial charge in [-0.1, -0.05) is 45.0 Å². The van der Waals surface area contributed by atoms with Crippen LogP contribution in [0.4, 0.5) is 5.82 Å². The number of nitrogens with zero attached hydrogens (tertiary/aromatic N) is 5. The maximum Gasteiger partial charge on any atom is 0.261 e. The number of nitrogens with one attached hydrogen (secondary N) is 1. The molecular weight excluding hydrogens is 502 g/mol. The fourth-order valence-corrected chi connectivity index (χ4v) is 5.07. The molecule has 4 aromatic rings. The van der Waals surface area contributed by atoms with E-state index in [-0.39, 0.29) is 29.0 Å². The molecule has 9 heteroatoms. The van der Waals surface area contributed by atoms with Gasteiger partial charge in [-0.3, -0.25) is 4.79 Å². The largest absolute Gasteiger partial charge is 0.457 e. The summed E-state index contributed by atoms with van der Waals surface area (Å²) < 4.78 is 7.89. The van der Waals surface area contributed by atoms with Gasteiger partial charge in [0, 0.05) is 11.6 Å². The number of para-hydroxylation sites is 1. The second kappa shape index (κ2) is 11.2. The van der Waals surface area contributed by atoms with E-state index in [9.17, 15) is 10.1 Å². The zero-order chi connectivity index (χ0) is 28.3. The maximum atomic E-state index is 12.7. The highest BCUT2D eigenvalue weighted by molar-refractivity contribution is 5.98. The van der Waals surface area contributed by atoms with Crippen molar-refractivity contribution in [1.29, 1.82) is 5.26 Å². The molecule has 5 rings (SSSR count). The smallest absolute Gasteiger partial charge is 0.261 e. The molecule has 0 atom stereocenters. The molecule has 1 amide bonds. The third kappa shape index (κ3) is 5.96. The highest BCUT2D eigenvalue weighted by atomic mass is 16.5. The zero-order valence-electron chi connectivity index (χ0n) is 23.0. The van der Waals surface area contributed by atoms with Gasteiger partial charge in [0.15, 0.2) is 5.65 Å². The summed E-state index contributed by atoms with van der Waals surface area (Å²) in [5.74, 6) is 1.56. The lowest BCUT2D eigenvalue weighted by molar-refractivity contribution is -0.118. The Morgan fingerprint density at radius 2 is 1.73 bits per heavy atom. The van der Waals surface area contributed by atoms with Gasteiger partial charge in [-0.15, -0.1) is 0 Å². The number of hydrogen-bond donors (Lipinski definition) is 2. The first kappa shape index (κ1) is 26.9. The molecule has 1 aliphatic carbocycles. The summed E-state index contributed by atoms with van der Waals surface area (Å²) in [7, 11) is 0. The average molecular weight is 536 g/mol. The van der Waals surface area contributed by atoms with E-state index in [0.717, 1.165) is 53.8 Å². The molecule has 2 aromatic carbocycles. The number of hydrogen-bond acceptors (Lipinski definition) is 7. The summed E-state index contributed by atoms with van der Waals surface area (Å²) in [6.45, 7) is 5.90. The maximum absolute atomic E-state index is 12.7. The van der Waals surface area contributed by atoms with Gasteiger partial charge >= 0.3 is 0 Å². The Morgan fingerprint density at radius 3 is 2.38 bits per heavy atom. The van der Waals surface area contributed by atoms with Crippen molar-refractivity contribution >= 4 is 22.8 Å². The van der Waals surface area contributed by atoms with Gasteiger partial charge in [0.05, 0.1) is 11.4 Å². The molecule has 0 aliphatic heterocycles. The minimum Gasteiger partial charge on any atom is -0.457 e. The fraction of sp³-hybridized carbons (Fsp3) is 0.323. The SMILES string of the molecule is CC(C)(C)/C=C(\C#N)C(=O)NC1CCC(n2nc(-c3ccc(Oc4ccccc4)cc3)c3c(N)ncnc32)CC1. The summed E-state index contributed by atoms with van der Waals surface area (Å²) in [5.41, 5.74) is 8.54. The molecule has 0 spiro atoms. The molecule has 0 radical (unpaired) electrons. The lowest BCUT2D eigenvalue weighted by Gasteiger charge is -2.29. The number of rotatable bonds is 6. The number of benzene rings is 2. The van der Waals surface area contributed by atoms with Crippen molar-refractivity contribution in [3.8, 4) is 28.8 Å². The highest BCUT2D eigenvalue weighted by Gasteiger charge is 2.28. The number of fused-ring (bicyclic) bond motifs is 1. The summed E-state index contributed by atoms with van der Waals surface area (Å²) in [4.78, 5) is 21.5. The molecule has 1 aliphatic rings. The fourth-order valence-electron chi connectivity index (χ4n) is 5.07. The van der Waals surface area contributed by atoms with Crippen molar-refractivity contribution in [1.82, 2.24) is 25.1 Å². The van der Waals surface area contributed by atoms with Crippen molar-refractivity contribution in [2.45, 2.75) is 58.5 Å².